The van der Waals surface area contributed by atoms with Crippen molar-refractivity contribution < 1.29 is 0 Å². The molecule has 0 nitrogen and oxygen atoms in total. The standard InChI is InChI=1S/C17H35/c1-5-7-9-11-13-16(3)15-17(4)14-12-10-8-6-2/h15-17H,5-14H2,1-4H3. The van der Waals surface area contributed by atoms with Gasteiger partial charge < -0.3 is 0 Å². The molecule has 103 valence electrons. The summed E-state index contributed by atoms with van der Waals surface area (Å²) in [6, 6.07) is 0. The summed E-state index contributed by atoms with van der Waals surface area (Å²) in [4.78, 5) is 0. The van der Waals surface area contributed by atoms with Gasteiger partial charge in [-0.3, -0.25) is 0 Å². The normalized spacial score (nSPS) is 14.8. The minimum atomic E-state index is 0.827. The van der Waals surface area contributed by atoms with E-state index in [0.29, 0.717) is 0 Å². The molecule has 0 heterocycles. The Labute approximate surface area is 111 Å². The summed E-state index contributed by atoms with van der Waals surface area (Å²) in [6.07, 6.45) is 16.6. The quantitative estimate of drug-likeness (QED) is 0.345. The minimum Gasteiger partial charge on any atom is -0.0654 e. The summed E-state index contributed by atoms with van der Waals surface area (Å²) >= 11 is 0. The fourth-order valence-corrected chi connectivity index (χ4v) is 2.54. The second kappa shape index (κ2) is 12.5. The van der Waals surface area contributed by atoms with E-state index in [-0.39, 0.29) is 0 Å². The smallest absolute Gasteiger partial charge is 0.0329 e. The third kappa shape index (κ3) is 12.2. The van der Waals surface area contributed by atoms with Gasteiger partial charge in [0, 0.05) is 0 Å². The molecule has 0 fully saturated rings. The van der Waals surface area contributed by atoms with E-state index in [1.165, 1.54) is 64.2 Å². The van der Waals surface area contributed by atoms with Gasteiger partial charge in [-0.05, 0) is 18.3 Å². The summed E-state index contributed by atoms with van der Waals surface area (Å²) in [5.41, 5.74) is 0. The van der Waals surface area contributed by atoms with Gasteiger partial charge in [0.15, 0.2) is 0 Å². The molecule has 0 aliphatic carbocycles. The van der Waals surface area contributed by atoms with Gasteiger partial charge in [-0.2, -0.15) is 0 Å². The van der Waals surface area contributed by atoms with E-state index in [1.807, 2.05) is 0 Å². The Hall–Kier alpha value is 0. The summed E-state index contributed by atoms with van der Waals surface area (Å²) in [5.74, 6) is 1.65. The van der Waals surface area contributed by atoms with Gasteiger partial charge in [-0.15, -0.1) is 0 Å². The van der Waals surface area contributed by atoms with Gasteiger partial charge in [0.25, 0.3) is 0 Å². The molecule has 0 bridgehead atoms. The van der Waals surface area contributed by atoms with Crippen LogP contribution in [-0.2, 0) is 0 Å². The van der Waals surface area contributed by atoms with Gasteiger partial charge in [0.2, 0.25) is 0 Å². The van der Waals surface area contributed by atoms with E-state index in [0.717, 1.165) is 11.8 Å². The van der Waals surface area contributed by atoms with Crippen LogP contribution in [0.15, 0.2) is 0 Å². The fraction of sp³-hybridized carbons (Fsp3) is 0.941. The van der Waals surface area contributed by atoms with Crippen LogP contribution in [0.2, 0.25) is 0 Å². The molecule has 0 saturated carbocycles. The van der Waals surface area contributed by atoms with E-state index in [2.05, 4.69) is 34.1 Å². The average Bonchev–Trinajstić information content (AvgIpc) is 2.30. The molecule has 0 amide bonds. The third-order valence-electron chi connectivity index (χ3n) is 3.68. The molecule has 0 aliphatic heterocycles. The lowest BCUT2D eigenvalue weighted by molar-refractivity contribution is 0.453. The van der Waals surface area contributed by atoms with Gasteiger partial charge >= 0.3 is 0 Å². The summed E-state index contributed by atoms with van der Waals surface area (Å²) in [6.45, 7) is 9.37. The maximum atomic E-state index is 2.60. The highest BCUT2D eigenvalue weighted by atomic mass is 14.1. The van der Waals surface area contributed by atoms with Crippen LogP contribution in [-0.4, -0.2) is 0 Å². The second-order valence-corrected chi connectivity index (χ2v) is 5.85. The van der Waals surface area contributed by atoms with Crippen molar-refractivity contribution >= 4 is 0 Å². The van der Waals surface area contributed by atoms with E-state index >= 15 is 0 Å². The highest BCUT2D eigenvalue weighted by Crippen LogP contribution is 2.21. The van der Waals surface area contributed by atoms with Crippen LogP contribution in [0.5, 0.6) is 0 Å². The first-order chi connectivity index (χ1) is 8.20. The van der Waals surface area contributed by atoms with Crippen LogP contribution >= 0.6 is 0 Å². The minimum absolute atomic E-state index is 0.827. The predicted molar refractivity (Wildman–Crippen MR) is 80.1 cm³/mol. The molecule has 0 heteroatoms. The molecule has 2 unspecified atom stereocenters. The van der Waals surface area contributed by atoms with Crippen LogP contribution in [0.25, 0.3) is 0 Å². The van der Waals surface area contributed by atoms with E-state index in [4.69, 9.17) is 0 Å². The van der Waals surface area contributed by atoms with E-state index in [1.54, 1.807) is 0 Å². The molecule has 0 aromatic carbocycles. The largest absolute Gasteiger partial charge is 0.0654 e. The number of hydrogen-bond donors (Lipinski definition) is 0. The molecule has 1 radical (unpaired) electrons. The van der Waals surface area contributed by atoms with Crippen LogP contribution in [0.4, 0.5) is 0 Å². The maximum absolute atomic E-state index is 2.60. The van der Waals surface area contributed by atoms with E-state index < -0.39 is 0 Å². The highest BCUT2D eigenvalue weighted by molar-refractivity contribution is 4.78. The molecular formula is C17H35. The Morgan fingerprint density at radius 1 is 0.647 bits per heavy atom. The molecule has 0 aliphatic rings. The Bertz CT molecular complexity index is 123. The molecule has 0 saturated heterocycles. The topological polar surface area (TPSA) is 0 Å². The monoisotopic (exact) mass is 239 g/mol. The van der Waals surface area contributed by atoms with Crippen LogP contribution < -0.4 is 0 Å². The Morgan fingerprint density at radius 2 is 1.06 bits per heavy atom. The van der Waals surface area contributed by atoms with Crippen LogP contribution in [0.3, 0.4) is 0 Å². The zero-order valence-corrected chi connectivity index (χ0v) is 12.8. The summed E-state index contributed by atoms with van der Waals surface area (Å²) in [5, 5.41) is 0. The van der Waals surface area contributed by atoms with Crippen LogP contribution in [0, 0.1) is 18.3 Å². The van der Waals surface area contributed by atoms with Crippen molar-refractivity contribution in [1.82, 2.24) is 0 Å². The van der Waals surface area contributed by atoms with E-state index in [9.17, 15) is 0 Å². The Morgan fingerprint density at radius 3 is 1.41 bits per heavy atom. The first-order valence-electron chi connectivity index (χ1n) is 8.05. The van der Waals surface area contributed by atoms with Crippen molar-refractivity contribution in [3.8, 4) is 0 Å². The second-order valence-electron chi connectivity index (χ2n) is 5.85. The first kappa shape index (κ1) is 17.0. The van der Waals surface area contributed by atoms with Gasteiger partial charge in [-0.25, -0.2) is 0 Å². The van der Waals surface area contributed by atoms with Crippen LogP contribution in [0.1, 0.15) is 91.9 Å². The molecule has 2 atom stereocenters. The zero-order valence-electron chi connectivity index (χ0n) is 12.8. The molecule has 0 spiro atoms. The molecule has 0 N–H and O–H groups in total. The first-order valence-corrected chi connectivity index (χ1v) is 8.05. The lowest BCUT2D eigenvalue weighted by Gasteiger charge is -2.16. The van der Waals surface area contributed by atoms with Crippen molar-refractivity contribution in [2.24, 2.45) is 11.8 Å². The zero-order chi connectivity index (χ0) is 12.9. The average molecular weight is 239 g/mol. The van der Waals surface area contributed by atoms with Gasteiger partial charge in [0.05, 0.1) is 0 Å². The van der Waals surface area contributed by atoms with Gasteiger partial charge in [0.1, 0.15) is 0 Å². The highest BCUT2D eigenvalue weighted by Gasteiger charge is 2.08. The van der Waals surface area contributed by atoms with Crippen molar-refractivity contribution in [2.75, 3.05) is 0 Å². The number of rotatable bonds is 12. The molecule has 0 aromatic rings. The fourth-order valence-electron chi connectivity index (χ4n) is 2.54. The van der Waals surface area contributed by atoms with Gasteiger partial charge in [-0.1, -0.05) is 91.9 Å². The number of hydrogen-bond acceptors (Lipinski definition) is 0. The van der Waals surface area contributed by atoms with Crippen molar-refractivity contribution in [1.29, 1.82) is 0 Å². The SMILES string of the molecule is CCCCCCC(C)[CH]C(C)CCCCCC. The summed E-state index contributed by atoms with van der Waals surface area (Å²) < 4.78 is 0. The molecule has 0 aromatic heterocycles. The molecule has 0 rings (SSSR count). The Kier molecular flexibility index (Phi) is 12.5. The molecular weight excluding hydrogens is 204 g/mol. The molecule has 17 heavy (non-hydrogen) atoms. The maximum Gasteiger partial charge on any atom is -0.0329 e. The predicted octanol–water partition coefficient (Wildman–Crippen LogP) is 6.40. The lowest BCUT2D eigenvalue weighted by Crippen LogP contribution is -2.04. The van der Waals surface area contributed by atoms with Crippen molar-refractivity contribution in [2.45, 2.75) is 91.9 Å². The third-order valence-corrected chi connectivity index (χ3v) is 3.68. The number of unbranched alkanes of at least 4 members (excludes halogenated alkanes) is 6. The van der Waals surface area contributed by atoms with Crippen molar-refractivity contribution in [3.05, 3.63) is 6.42 Å². The van der Waals surface area contributed by atoms with Crippen molar-refractivity contribution in [3.63, 3.8) is 0 Å². The lowest BCUT2D eigenvalue weighted by atomic mass is 9.89. The Balaban J connectivity index is 3.35. The summed E-state index contributed by atoms with van der Waals surface area (Å²) in [7, 11) is 0.